The lowest BCUT2D eigenvalue weighted by molar-refractivity contribution is 0.0737. The predicted molar refractivity (Wildman–Crippen MR) is 91.4 cm³/mol. The Kier molecular flexibility index (Phi) is 6.01. The maximum atomic E-state index is 3.92. The molecule has 2 nitrogen and oxygen atoms in total. The quantitative estimate of drug-likeness (QED) is 0.795. The van der Waals surface area contributed by atoms with Crippen LogP contribution in [0.2, 0.25) is 0 Å². The van der Waals surface area contributed by atoms with Crippen LogP contribution in [0.1, 0.15) is 45.2 Å². The summed E-state index contributed by atoms with van der Waals surface area (Å²) in [6, 6.07) is 12.5. The molecule has 1 heterocycles. The SMILES string of the molecule is C=CCC(C)N1CC(C(C)CC)NCC1c1ccccc1. The number of rotatable bonds is 6. The van der Waals surface area contributed by atoms with Crippen LogP contribution in [-0.4, -0.2) is 30.1 Å². The smallest absolute Gasteiger partial charge is 0.0476 e. The van der Waals surface area contributed by atoms with Crippen LogP contribution < -0.4 is 5.32 Å². The highest BCUT2D eigenvalue weighted by Crippen LogP contribution is 2.28. The summed E-state index contributed by atoms with van der Waals surface area (Å²) in [6.45, 7) is 13.1. The first-order valence-electron chi connectivity index (χ1n) is 8.32. The monoisotopic (exact) mass is 286 g/mol. The number of hydrogen-bond acceptors (Lipinski definition) is 2. The molecule has 0 amide bonds. The van der Waals surface area contributed by atoms with Crippen LogP contribution in [0.25, 0.3) is 0 Å². The van der Waals surface area contributed by atoms with Gasteiger partial charge in [0.15, 0.2) is 0 Å². The van der Waals surface area contributed by atoms with Gasteiger partial charge >= 0.3 is 0 Å². The highest BCUT2D eigenvalue weighted by Gasteiger charge is 2.33. The Morgan fingerprint density at radius 2 is 2.05 bits per heavy atom. The zero-order valence-electron chi connectivity index (χ0n) is 13.8. The third kappa shape index (κ3) is 3.96. The molecule has 116 valence electrons. The highest BCUT2D eigenvalue weighted by molar-refractivity contribution is 5.20. The number of benzene rings is 1. The molecule has 1 aromatic carbocycles. The zero-order valence-corrected chi connectivity index (χ0v) is 13.8. The number of piperazine rings is 1. The molecule has 0 aromatic heterocycles. The fourth-order valence-corrected chi connectivity index (χ4v) is 3.31. The Morgan fingerprint density at radius 3 is 2.67 bits per heavy atom. The second-order valence-electron chi connectivity index (χ2n) is 6.40. The largest absolute Gasteiger partial charge is 0.311 e. The van der Waals surface area contributed by atoms with E-state index in [1.54, 1.807) is 0 Å². The van der Waals surface area contributed by atoms with Gasteiger partial charge in [0.05, 0.1) is 0 Å². The molecule has 1 aromatic rings. The normalized spacial score (nSPS) is 26.2. The Hall–Kier alpha value is -1.12. The van der Waals surface area contributed by atoms with Gasteiger partial charge in [-0.3, -0.25) is 4.90 Å². The van der Waals surface area contributed by atoms with E-state index in [2.05, 4.69) is 67.9 Å². The molecule has 2 heteroatoms. The first kappa shape index (κ1) is 16.3. The molecule has 0 spiro atoms. The lowest BCUT2D eigenvalue weighted by Gasteiger charge is -2.45. The van der Waals surface area contributed by atoms with Crippen molar-refractivity contribution in [1.82, 2.24) is 10.2 Å². The fraction of sp³-hybridized carbons (Fsp3) is 0.579. The molecule has 1 aliphatic rings. The molecule has 1 N–H and O–H groups in total. The van der Waals surface area contributed by atoms with Gasteiger partial charge in [-0.05, 0) is 24.8 Å². The van der Waals surface area contributed by atoms with Crippen molar-refractivity contribution in [2.75, 3.05) is 13.1 Å². The van der Waals surface area contributed by atoms with Crippen molar-refractivity contribution < 1.29 is 0 Å². The van der Waals surface area contributed by atoms with Gasteiger partial charge in [-0.1, -0.05) is 56.7 Å². The summed E-state index contributed by atoms with van der Waals surface area (Å²) in [5.74, 6) is 0.722. The van der Waals surface area contributed by atoms with Gasteiger partial charge in [0.2, 0.25) is 0 Å². The lowest BCUT2D eigenvalue weighted by atomic mass is 9.92. The summed E-state index contributed by atoms with van der Waals surface area (Å²) in [4.78, 5) is 2.67. The Balaban J connectivity index is 2.17. The summed E-state index contributed by atoms with van der Waals surface area (Å²) in [5.41, 5.74) is 1.42. The van der Waals surface area contributed by atoms with E-state index in [1.165, 1.54) is 12.0 Å². The fourth-order valence-electron chi connectivity index (χ4n) is 3.31. The van der Waals surface area contributed by atoms with Gasteiger partial charge in [-0.2, -0.15) is 0 Å². The van der Waals surface area contributed by atoms with Gasteiger partial charge in [0, 0.05) is 31.2 Å². The predicted octanol–water partition coefficient (Wildman–Crippen LogP) is 4.01. The minimum absolute atomic E-state index is 0.474. The van der Waals surface area contributed by atoms with Gasteiger partial charge in [0.25, 0.3) is 0 Å². The molecule has 2 rings (SSSR count). The van der Waals surface area contributed by atoms with Crippen LogP contribution >= 0.6 is 0 Å². The van der Waals surface area contributed by atoms with Crippen molar-refractivity contribution >= 4 is 0 Å². The molecule has 1 aliphatic heterocycles. The number of hydrogen-bond donors (Lipinski definition) is 1. The number of nitrogens with zero attached hydrogens (tertiary/aromatic N) is 1. The maximum Gasteiger partial charge on any atom is 0.0476 e. The van der Waals surface area contributed by atoms with E-state index in [0.29, 0.717) is 18.1 Å². The van der Waals surface area contributed by atoms with Gasteiger partial charge in [-0.15, -0.1) is 6.58 Å². The second kappa shape index (κ2) is 7.77. The molecular formula is C19H30N2. The average Bonchev–Trinajstić information content (AvgIpc) is 2.54. The average molecular weight is 286 g/mol. The van der Waals surface area contributed by atoms with Gasteiger partial charge < -0.3 is 5.32 Å². The highest BCUT2D eigenvalue weighted by atomic mass is 15.3. The first-order chi connectivity index (χ1) is 10.2. The van der Waals surface area contributed by atoms with E-state index < -0.39 is 0 Å². The van der Waals surface area contributed by atoms with Crippen LogP contribution in [0.5, 0.6) is 0 Å². The minimum atomic E-state index is 0.474. The van der Waals surface area contributed by atoms with Crippen LogP contribution in [0.4, 0.5) is 0 Å². The van der Waals surface area contributed by atoms with Crippen molar-refractivity contribution in [3.05, 3.63) is 48.6 Å². The molecule has 1 fully saturated rings. The third-order valence-corrected chi connectivity index (χ3v) is 4.97. The topological polar surface area (TPSA) is 15.3 Å². The van der Waals surface area contributed by atoms with Crippen molar-refractivity contribution in [3.63, 3.8) is 0 Å². The summed E-state index contributed by atoms with van der Waals surface area (Å²) in [7, 11) is 0. The molecular weight excluding hydrogens is 256 g/mol. The van der Waals surface area contributed by atoms with Crippen molar-refractivity contribution in [3.8, 4) is 0 Å². The number of nitrogens with one attached hydrogen (secondary N) is 1. The standard InChI is InChI=1S/C19H30N2/c1-5-10-16(4)21-14-18(15(3)6-2)20-13-19(21)17-11-8-7-9-12-17/h5,7-9,11-12,15-16,18-20H,1,6,10,13-14H2,2-4H3. The van der Waals surface area contributed by atoms with Crippen LogP contribution in [0.15, 0.2) is 43.0 Å². The third-order valence-electron chi connectivity index (χ3n) is 4.97. The molecule has 4 unspecified atom stereocenters. The molecule has 0 radical (unpaired) electrons. The van der Waals surface area contributed by atoms with Crippen LogP contribution in [0, 0.1) is 5.92 Å². The van der Waals surface area contributed by atoms with Crippen molar-refractivity contribution in [1.29, 1.82) is 0 Å². The van der Waals surface area contributed by atoms with Gasteiger partial charge in [0.1, 0.15) is 0 Å². The van der Waals surface area contributed by atoms with Crippen molar-refractivity contribution in [2.45, 2.75) is 51.7 Å². The summed E-state index contributed by atoms with van der Waals surface area (Å²) in [6.07, 6.45) is 4.33. The molecule has 0 saturated carbocycles. The second-order valence-corrected chi connectivity index (χ2v) is 6.40. The lowest BCUT2D eigenvalue weighted by Crippen LogP contribution is -2.56. The Morgan fingerprint density at radius 1 is 1.33 bits per heavy atom. The van der Waals surface area contributed by atoms with E-state index in [9.17, 15) is 0 Å². The van der Waals surface area contributed by atoms with Crippen molar-refractivity contribution in [2.24, 2.45) is 5.92 Å². The van der Waals surface area contributed by atoms with Crippen LogP contribution in [-0.2, 0) is 0 Å². The van der Waals surface area contributed by atoms with E-state index in [0.717, 1.165) is 25.4 Å². The molecule has 0 aliphatic carbocycles. The summed E-state index contributed by atoms with van der Waals surface area (Å²) >= 11 is 0. The van der Waals surface area contributed by atoms with E-state index in [-0.39, 0.29) is 0 Å². The summed E-state index contributed by atoms with van der Waals surface area (Å²) < 4.78 is 0. The van der Waals surface area contributed by atoms with Crippen LogP contribution in [0.3, 0.4) is 0 Å². The van der Waals surface area contributed by atoms with E-state index in [1.807, 2.05) is 6.08 Å². The molecule has 21 heavy (non-hydrogen) atoms. The van der Waals surface area contributed by atoms with Gasteiger partial charge in [-0.25, -0.2) is 0 Å². The molecule has 4 atom stereocenters. The zero-order chi connectivity index (χ0) is 15.2. The Labute approximate surface area is 130 Å². The minimum Gasteiger partial charge on any atom is -0.311 e. The molecule has 0 bridgehead atoms. The maximum absolute atomic E-state index is 3.92. The van der Waals surface area contributed by atoms with E-state index >= 15 is 0 Å². The first-order valence-corrected chi connectivity index (χ1v) is 8.32. The van der Waals surface area contributed by atoms with E-state index in [4.69, 9.17) is 0 Å². The summed E-state index contributed by atoms with van der Waals surface area (Å²) in [5, 5.41) is 3.78. The Bertz CT molecular complexity index is 428. The molecule has 1 saturated heterocycles.